The van der Waals surface area contributed by atoms with Crippen LogP contribution in [0, 0.1) is 0 Å². The van der Waals surface area contributed by atoms with Crippen molar-refractivity contribution in [2.24, 2.45) is 0 Å². The molecule has 0 bridgehead atoms. The van der Waals surface area contributed by atoms with Crippen molar-refractivity contribution in [3.63, 3.8) is 0 Å². The SMILES string of the molecule is CCc1sc(C(=O)C=Cc2ccc(C=O)cc2)cc1-c1ccccc1. The zero-order valence-electron chi connectivity index (χ0n) is 13.9. The molecule has 1 heterocycles. The standard InChI is InChI=1S/C22H18O2S/c1-2-21-19(18-6-4-3-5-7-18)14-22(25-21)20(24)13-12-16-8-10-17(15-23)11-9-16/h3-15H,2H2,1H3. The number of thiophene rings is 1. The highest BCUT2D eigenvalue weighted by molar-refractivity contribution is 7.14. The van der Waals surface area contributed by atoms with Crippen molar-refractivity contribution in [3.8, 4) is 11.1 Å². The van der Waals surface area contributed by atoms with Gasteiger partial charge in [-0.1, -0.05) is 67.6 Å². The maximum absolute atomic E-state index is 12.5. The van der Waals surface area contributed by atoms with Crippen LogP contribution < -0.4 is 0 Å². The Bertz CT molecular complexity index is 903. The van der Waals surface area contributed by atoms with E-state index >= 15 is 0 Å². The van der Waals surface area contributed by atoms with E-state index in [9.17, 15) is 9.59 Å². The van der Waals surface area contributed by atoms with E-state index in [0.29, 0.717) is 5.56 Å². The van der Waals surface area contributed by atoms with Crippen molar-refractivity contribution in [1.29, 1.82) is 0 Å². The Morgan fingerprint density at radius 1 is 1.00 bits per heavy atom. The Kier molecular flexibility index (Phi) is 5.36. The van der Waals surface area contributed by atoms with Gasteiger partial charge in [0.2, 0.25) is 0 Å². The largest absolute Gasteiger partial charge is 0.298 e. The summed E-state index contributed by atoms with van der Waals surface area (Å²) in [5.41, 5.74) is 3.81. The van der Waals surface area contributed by atoms with Crippen LogP contribution in [0.5, 0.6) is 0 Å². The first kappa shape index (κ1) is 17.1. The molecule has 124 valence electrons. The van der Waals surface area contributed by atoms with Crippen LogP contribution in [0.1, 0.15) is 37.4 Å². The van der Waals surface area contributed by atoms with Crippen molar-refractivity contribution in [1.82, 2.24) is 0 Å². The Morgan fingerprint density at radius 3 is 2.32 bits per heavy atom. The number of hydrogen-bond donors (Lipinski definition) is 0. The first-order valence-electron chi connectivity index (χ1n) is 8.17. The third-order valence-electron chi connectivity index (χ3n) is 3.96. The van der Waals surface area contributed by atoms with E-state index in [0.717, 1.165) is 34.3 Å². The van der Waals surface area contributed by atoms with Crippen LogP contribution in [0.4, 0.5) is 0 Å². The molecule has 0 amide bonds. The monoisotopic (exact) mass is 346 g/mol. The summed E-state index contributed by atoms with van der Waals surface area (Å²) in [7, 11) is 0. The lowest BCUT2D eigenvalue weighted by atomic mass is 10.0. The minimum absolute atomic E-state index is 0.00125. The lowest BCUT2D eigenvalue weighted by molar-refractivity contribution is 0.105. The molecule has 0 aliphatic carbocycles. The molecule has 0 aliphatic heterocycles. The maximum atomic E-state index is 12.5. The highest BCUT2D eigenvalue weighted by Crippen LogP contribution is 2.32. The molecule has 25 heavy (non-hydrogen) atoms. The Hall–Kier alpha value is -2.78. The van der Waals surface area contributed by atoms with Crippen molar-refractivity contribution in [3.05, 3.63) is 87.6 Å². The molecular weight excluding hydrogens is 328 g/mol. The van der Waals surface area contributed by atoms with Gasteiger partial charge in [-0.3, -0.25) is 9.59 Å². The lowest BCUT2D eigenvalue weighted by Crippen LogP contribution is -1.89. The Morgan fingerprint density at radius 2 is 1.68 bits per heavy atom. The first-order chi connectivity index (χ1) is 12.2. The van der Waals surface area contributed by atoms with Gasteiger partial charge in [0.15, 0.2) is 5.78 Å². The first-order valence-corrected chi connectivity index (χ1v) is 8.98. The molecule has 0 aliphatic rings. The molecular formula is C22H18O2S. The molecule has 2 nitrogen and oxygen atoms in total. The third-order valence-corrected chi connectivity index (χ3v) is 5.25. The van der Waals surface area contributed by atoms with Crippen LogP contribution in [0.2, 0.25) is 0 Å². The van der Waals surface area contributed by atoms with E-state index in [-0.39, 0.29) is 5.78 Å². The highest BCUT2D eigenvalue weighted by atomic mass is 32.1. The van der Waals surface area contributed by atoms with Crippen LogP contribution in [-0.4, -0.2) is 12.1 Å². The van der Waals surface area contributed by atoms with E-state index in [1.165, 1.54) is 4.88 Å². The molecule has 3 rings (SSSR count). The summed E-state index contributed by atoms with van der Waals surface area (Å²) in [6.45, 7) is 2.11. The van der Waals surface area contributed by atoms with Crippen LogP contribution in [0.25, 0.3) is 17.2 Å². The molecule has 0 atom stereocenters. The quantitative estimate of drug-likeness (QED) is 0.326. The smallest absolute Gasteiger partial charge is 0.195 e. The Balaban J connectivity index is 1.83. The van der Waals surface area contributed by atoms with E-state index < -0.39 is 0 Å². The molecule has 3 heteroatoms. The number of ketones is 1. The van der Waals surface area contributed by atoms with Gasteiger partial charge in [-0.2, -0.15) is 0 Å². The number of hydrogen-bond acceptors (Lipinski definition) is 3. The summed E-state index contributed by atoms with van der Waals surface area (Å²) in [5, 5.41) is 0. The van der Waals surface area contributed by atoms with E-state index in [1.807, 2.05) is 36.4 Å². The van der Waals surface area contributed by atoms with Crippen molar-refractivity contribution < 1.29 is 9.59 Å². The summed E-state index contributed by atoms with van der Waals surface area (Å²) in [6.07, 6.45) is 5.08. The van der Waals surface area contributed by atoms with E-state index in [1.54, 1.807) is 35.6 Å². The predicted octanol–water partition coefficient (Wildman–Crippen LogP) is 5.69. The summed E-state index contributed by atoms with van der Waals surface area (Å²) >= 11 is 1.56. The van der Waals surface area contributed by atoms with Gasteiger partial charge >= 0.3 is 0 Å². The van der Waals surface area contributed by atoms with Gasteiger partial charge in [-0.15, -0.1) is 11.3 Å². The number of aldehydes is 1. The zero-order valence-corrected chi connectivity index (χ0v) is 14.8. The number of carbonyl (C=O) groups is 2. The van der Waals surface area contributed by atoms with Gasteiger partial charge in [0, 0.05) is 10.4 Å². The minimum Gasteiger partial charge on any atom is -0.298 e. The molecule has 0 saturated heterocycles. The predicted molar refractivity (Wildman–Crippen MR) is 104 cm³/mol. The summed E-state index contributed by atoms with van der Waals surface area (Å²) in [6, 6.07) is 19.3. The number of benzene rings is 2. The number of rotatable bonds is 6. The van der Waals surface area contributed by atoms with Crippen molar-refractivity contribution in [2.45, 2.75) is 13.3 Å². The van der Waals surface area contributed by atoms with Gasteiger partial charge in [0.1, 0.15) is 6.29 Å². The number of allylic oxidation sites excluding steroid dienone is 1. The van der Waals surface area contributed by atoms with E-state index in [2.05, 4.69) is 19.1 Å². The van der Waals surface area contributed by atoms with Crippen molar-refractivity contribution >= 4 is 29.5 Å². The second-order valence-corrected chi connectivity index (χ2v) is 6.79. The maximum Gasteiger partial charge on any atom is 0.195 e. The van der Waals surface area contributed by atoms with Crippen LogP contribution in [0.15, 0.2) is 66.7 Å². The van der Waals surface area contributed by atoms with Crippen LogP contribution in [-0.2, 0) is 6.42 Å². The van der Waals surface area contributed by atoms with Gasteiger partial charge in [0.05, 0.1) is 4.88 Å². The second kappa shape index (κ2) is 7.86. The molecule has 3 aromatic rings. The molecule has 0 spiro atoms. The molecule has 0 fully saturated rings. The normalized spacial score (nSPS) is 10.9. The summed E-state index contributed by atoms with van der Waals surface area (Å²) in [4.78, 5) is 25.2. The van der Waals surface area contributed by atoms with Crippen molar-refractivity contribution in [2.75, 3.05) is 0 Å². The molecule has 0 saturated carbocycles. The molecule has 0 N–H and O–H groups in total. The third kappa shape index (κ3) is 4.01. The Labute approximate surface area is 151 Å². The lowest BCUT2D eigenvalue weighted by Gasteiger charge is -2.00. The average molecular weight is 346 g/mol. The second-order valence-electron chi connectivity index (χ2n) is 5.65. The van der Waals surface area contributed by atoms with Crippen LogP contribution in [0.3, 0.4) is 0 Å². The average Bonchev–Trinajstić information content (AvgIpc) is 3.12. The number of aryl methyl sites for hydroxylation is 1. The number of carbonyl (C=O) groups excluding carboxylic acids is 2. The highest BCUT2D eigenvalue weighted by Gasteiger charge is 2.13. The summed E-state index contributed by atoms with van der Waals surface area (Å²) < 4.78 is 0. The van der Waals surface area contributed by atoms with Gasteiger partial charge in [-0.25, -0.2) is 0 Å². The zero-order chi connectivity index (χ0) is 17.6. The molecule has 2 aromatic carbocycles. The van der Waals surface area contributed by atoms with Crippen LogP contribution >= 0.6 is 11.3 Å². The van der Waals surface area contributed by atoms with Gasteiger partial charge in [-0.05, 0) is 35.3 Å². The van der Waals surface area contributed by atoms with Gasteiger partial charge < -0.3 is 0 Å². The fourth-order valence-electron chi connectivity index (χ4n) is 2.61. The molecule has 0 radical (unpaired) electrons. The fraction of sp³-hybridized carbons (Fsp3) is 0.0909. The minimum atomic E-state index is 0.00125. The molecule has 1 aromatic heterocycles. The van der Waals surface area contributed by atoms with Gasteiger partial charge in [0.25, 0.3) is 0 Å². The molecule has 0 unspecified atom stereocenters. The summed E-state index contributed by atoms with van der Waals surface area (Å²) in [5.74, 6) is 0.00125. The fourth-order valence-corrected chi connectivity index (χ4v) is 3.66. The topological polar surface area (TPSA) is 34.1 Å². The van der Waals surface area contributed by atoms with E-state index in [4.69, 9.17) is 0 Å².